The molecular weight excluding hydrogens is 446 g/mol. The number of sulfonamides is 1. The van der Waals surface area contributed by atoms with Crippen LogP contribution in [0.15, 0.2) is 47.4 Å². The molecule has 0 aliphatic rings. The van der Waals surface area contributed by atoms with Crippen molar-refractivity contribution in [3.63, 3.8) is 0 Å². The summed E-state index contributed by atoms with van der Waals surface area (Å²) in [5.41, 5.74) is 3.68. The van der Waals surface area contributed by atoms with Crippen molar-refractivity contribution in [3.8, 4) is 0 Å². The van der Waals surface area contributed by atoms with E-state index in [4.69, 9.17) is 4.74 Å². The van der Waals surface area contributed by atoms with Crippen LogP contribution in [0.1, 0.15) is 27.2 Å². The Hall–Kier alpha value is -3.50. The number of carbonyl (C=O) groups excluding carboxylic acids is 3. The molecule has 3 rings (SSSR count). The number of hydrogen-bond acceptors (Lipinski definition) is 6. The third-order valence-electron chi connectivity index (χ3n) is 5.18. The number of H-pyrrole nitrogens is 1. The first-order valence-corrected chi connectivity index (χ1v) is 11.7. The van der Waals surface area contributed by atoms with Gasteiger partial charge in [0.15, 0.2) is 6.61 Å². The maximum Gasteiger partial charge on any atom is 0.325 e. The largest absolute Gasteiger partial charge is 0.456 e. The Morgan fingerprint density at radius 2 is 1.70 bits per heavy atom. The van der Waals surface area contributed by atoms with Crippen LogP contribution in [0.3, 0.4) is 0 Å². The van der Waals surface area contributed by atoms with Gasteiger partial charge >= 0.3 is 5.97 Å². The number of ether oxygens (including phenoxy) is 1. The zero-order chi connectivity index (χ0) is 24.2. The molecule has 2 aromatic carbocycles. The van der Waals surface area contributed by atoms with Gasteiger partial charge in [0.2, 0.25) is 21.7 Å². The molecule has 0 aliphatic carbocycles. The lowest BCUT2D eigenvalue weighted by Gasteiger charge is -2.09. The predicted octanol–water partition coefficient (Wildman–Crippen LogP) is 1.91. The third-order valence-corrected chi connectivity index (χ3v) is 6.58. The molecule has 0 bridgehead atoms. The van der Waals surface area contributed by atoms with Gasteiger partial charge in [-0.15, -0.1) is 0 Å². The second-order valence-corrected chi connectivity index (χ2v) is 9.37. The number of rotatable bonds is 9. The Morgan fingerprint density at radius 1 is 0.970 bits per heavy atom. The van der Waals surface area contributed by atoms with E-state index in [0.29, 0.717) is 11.3 Å². The first kappa shape index (κ1) is 24.1. The van der Waals surface area contributed by atoms with E-state index in [9.17, 15) is 22.8 Å². The molecule has 0 saturated heterocycles. The Morgan fingerprint density at radius 3 is 2.42 bits per heavy atom. The van der Waals surface area contributed by atoms with Crippen LogP contribution >= 0.6 is 0 Å². The minimum absolute atomic E-state index is 0.0453. The Labute approximate surface area is 191 Å². The second-order valence-electron chi connectivity index (χ2n) is 7.60. The van der Waals surface area contributed by atoms with Gasteiger partial charge in [0.05, 0.1) is 11.4 Å². The van der Waals surface area contributed by atoms with Crippen LogP contribution in [0.25, 0.3) is 10.9 Å². The smallest absolute Gasteiger partial charge is 0.325 e. The summed E-state index contributed by atoms with van der Waals surface area (Å²) in [5.74, 6) is -1.89. The third kappa shape index (κ3) is 5.85. The number of hydrogen-bond donors (Lipinski definition) is 3. The SMILES string of the molecule is Cc1ccc(S(=O)(=O)NCC(=O)NCC(=O)OCC(=O)c2c(C)[nH]c3ccccc23)cc1C. The van der Waals surface area contributed by atoms with Gasteiger partial charge in [0.25, 0.3) is 0 Å². The lowest BCUT2D eigenvalue weighted by molar-refractivity contribution is -0.142. The number of nitrogens with one attached hydrogen (secondary N) is 3. The monoisotopic (exact) mass is 471 g/mol. The number of fused-ring (bicyclic) bond motifs is 1. The summed E-state index contributed by atoms with van der Waals surface area (Å²) < 4.78 is 31.8. The number of Topliss-reactive ketones (excluding diaryl/α,β-unsaturated/α-hetero) is 1. The van der Waals surface area contributed by atoms with Crippen LogP contribution in [-0.2, 0) is 24.3 Å². The number of amides is 1. The molecule has 1 aromatic heterocycles. The average molecular weight is 472 g/mol. The number of aromatic nitrogens is 1. The van der Waals surface area contributed by atoms with Gasteiger partial charge in [0.1, 0.15) is 6.54 Å². The zero-order valence-electron chi connectivity index (χ0n) is 18.5. The van der Waals surface area contributed by atoms with Gasteiger partial charge in [-0.3, -0.25) is 14.4 Å². The fourth-order valence-corrected chi connectivity index (χ4v) is 4.33. The Bertz CT molecular complexity index is 1330. The molecule has 1 heterocycles. The van der Waals surface area contributed by atoms with Gasteiger partial charge < -0.3 is 15.0 Å². The highest BCUT2D eigenvalue weighted by molar-refractivity contribution is 7.89. The molecule has 3 aromatic rings. The molecule has 0 radical (unpaired) electrons. The summed E-state index contributed by atoms with van der Waals surface area (Å²) in [4.78, 5) is 39.5. The highest BCUT2D eigenvalue weighted by Crippen LogP contribution is 2.22. The van der Waals surface area contributed by atoms with Gasteiger partial charge in [-0.1, -0.05) is 24.3 Å². The molecule has 33 heavy (non-hydrogen) atoms. The first-order chi connectivity index (χ1) is 15.6. The van der Waals surface area contributed by atoms with Crippen LogP contribution in [0.4, 0.5) is 0 Å². The highest BCUT2D eigenvalue weighted by Gasteiger charge is 2.19. The standard InChI is InChI=1S/C23H25N3O6S/c1-14-8-9-17(10-15(14)2)33(30,31)25-11-21(28)24-12-22(29)32-13-20(27)23-16(3)26-19-7-5-4-6-18(19)23/h4-10,25-26H,11-13H2,1-3H3,(H,24,28). The number of aromatic amines is 1. The van der Waals surface area contributed by atoms with E-state index in [1.165, 1.54) is 12.1 Å². The number of benzene rings is 2. The van der Waals surface area contributed by atoms with E-state index in [0.717, 1.165) is 22.0 Å². The topological polar surface area (TPSA) is 134 Å². The van der Waals surface area contributed by atoms with Crippen molar-refractivity contribution >= 4 is 38.6 Å². The maximum absolute atomic E-state index is 12.5. The van der Waals surface area contributed by atoms with E-state index < -0.39 is 41.6 Å². The summed E-state index contributed by atoms with van der Waals surface area (Å²) in [6, 6.07) is 11.9. The second kappa shape index (κ2) is 9.97. The summed E-state index contributed by atoms with van der Waals surface area (Å²) in [6.07, 6.45) is 0. The quantitative estimate of drug-likeness (QED) is 0.322. The molecule has 0 fully saturated rings. The van der Waals surface area contributed by atoms with Crippen molar-refractivity contribution in [2.75, 3.05) is 19.7 Å². The van der Waals surface area contributed by atoms with E-state index in [1.807, 2.05) is 25.1 Å². The van der Waals surface area contributed by atoms with Crippen molar-refractivity contribution in [2.45, 2.75) is 25.7 Å². The normalized spacial score (nSPS) is 11.4. The Kier molecular flexibility index (Phi) is 7.29. The fourth-order valence-electron chi connectivity index (χ4n) is 3.26. The average Bonchev–Trinajstić information content (AvgIpc) is 3.12. The van der Waals surface area contributed by atoms with Crippen molar-refractivity contribution in [3.05, 3.63) is 64.8 Å². The van der Waals surface area contributed by atoms with E-state index in [-0.39, 0.29) is 10.7 Å². The van der Waals surface area contributed by atoms with Crippen LogP contribution in [0.2, 0.25) is 0 Å². The van der Waals surface area contributed by atoms with E-state index >= 15 is 0 Å². The van der Waals surface area contributed by atoms with Crippen LogP contribution < -0.4 is 10.0 Å². The van der Waals surface area contributed by atoms with Crippen molar-refractivity contribution in [1.82, 2.24) is 15.0 Å². The molecule has 10 heteroatoms. The van der Waals surface area contributed by atoms with Gasteiger partial charge in [-0.2, -0.15) is 0 Å². The number of esters is 1. The molecular formula is C23H25N3O6S. The fraction of sp³-hybridized carbons (Fsp3) is 0.261. The molecule has 9 nitrogen and oxygen atoms in total. The molecule has 1 amide bonds. The zero-order valence-corrected chi connectivity index (χ0v) is 19.3. The minimum Gasteiger partial charge on any atom is -0.456 e. The first-order valence-electron chi connectivity index (χ1n) is 10.2. The maximum atomic E-state index is 12.5. The lowest BCUT2D eigenvalue weighted by atomic mass is 10.1. The Balaban J connectivity index is 1.46. The molecule has 3 N–H and O–H groups in total. The number of para-hydroxylation sites is 1. The number of ketones is 1. The van der Waals surface area contributed by atoms with E-state index in [2.05, 4.69) is 15.0 Å². The van der Waals surface area contributed by atoms with Crippen LogP contribution in [0.5, 0.6) is 0 Å². The molecule has 0 atom stereocenters. The van der Waals surface area contributed by atoms with Crippen molar-refractivity contribution in [2.24, 2.45) is 0 Å². The summed E-state index contributed by atoms with van der Waals surface area (Å²) in [5, 5.41) is 3.01. The van der Waals surface area contributed by atoms with Gasteiger partial charge in [0, 0.05) is 22.2 Å². The van der Waals surface area contributed by atoms with Crippen LogP contribution in [-0.4, -0.2) is 50.8 Å². The molecule has 0 spiro atoms. The van der Waals surface area contributed by atoms with Crippen molar-refractivity contribution in [1.29, 1.82) is 0 Å². The summed E-state index contributed by atoms with van der Waals surface area (Å²) in [6.45, 7) is 3.89. The molecule has 0 saturated carbocycles. The van der Waals surface area contributed by atoms with Crippen LogP contribution in [0, 0.1) is 20.8 Å². The molecule has 174 valence electrons. The predicted molar refractivity (Wildman–Crippen MR) is 122 cm³/mol. The van der Waals surface area contributed by atoms with Gasteiger partial charge in [-0.25, -0.2) is 13.1 Å². The lowest BCUT2D eigenvalue weighted by Crippen LogP contribution is -2.39. The molecule has 0 aliphatic heterocycles. The number of aryl methyl sites for hydroxylation is 3. The van der Waals surface area contributed by atoms with E-state index in [1.54, 1.807) is 26.0 Å². The molecule has 0 unspecified atom stereocenters. The highest BCUT2D eigenvalue weighted by atomic mass is 32.2. The van der Waals surface area contributed by atoms with Crippen molar-refractivity contribution < 1.29 is 27.5 Å². The number of carbonyl (C=O) groups is 3. The minimum atomic E-state index is -3.88. The summed E-state index contributed by atoms with van der Waals surface area (Å²) >= 11 is 0. The van der Waals surface area contributed by atoms with Gasteiger partial charge in [-0.05, 0) is 50.1 Å². The summed E-state index contributed by atoms with van der Waals surface area (Å²) in [7, 11) is -3.88.